The minimum absolute atomic E-state index is 0. The molecule has 0 fully saturated rings. The first-order valence-corrected chi connectivity index (χ1v) is 3.03. The molecule has 0 saturated carbocycles. The maximum absolute atomic E-state index is 9.97. The Morgan fingerprint density at radius 1 is 1.00 bits per heavy atom. The predicted octanol–water partition coefficient (Wildman–Crippen LogP) is -13.3. The van der Waals surface area contributed by atoms with Crippen LogP contribution in [0.4, 0.5) is 0 Å². The molecule has 0 bridgehead atoms. The molecule has 0 rings (SSSR count). The van der Waals surface area contributed by atoms with E-state index in [2.05, 4.69) is 0 Å². The summed E-state index contributed by atoms with van der Waals surface area (Å²) in [5.74, 6) is -2.90. The van der Waals surface area contributed by atoms with E-state index in [0.717, 1.165) is 4.90 Å². The Hall–Kier alpha value is 1.53. The molecule has 0 radical (unpaired) electrons. The molecule has 0 unspecified atom stereocenters. The van der Waals surface area contributed by atoms with E-state index in [9.17, 15) is 24.6 Å². The van der Waals surface area contributed by atoms with Crippen molar-refractivity contribution in [2.24, 2.45) is 0 Å². The topological polar surface area (TPSA) is 131 Å². The molecule has 7 nitrogen and oxygen atoms in total. The molecule has 0 amide bonds. The van der Waals surface area contributed by atoms with Crippen LogP contribution < -0.4 is 98.9 Å². The van der Waals surface area contributed by atoms with Crippen molar-refractivity contribution < 1.29 is 119 Å². The molecule has 0 saturated heterocycles. The minimum Gasteiger partial charge on any atom is -0.870 e. The Morgan fingerprint density at radius 2 is 1.31 bits per heavy atom. The molecule has 0 aliphatic rings. The molecule has 16 heavy (non-hydrogen) atoms. The van der Waals surface area contributed by atoms with Crippen LogP contribution in [0.2, 0.25) is 0 Å². The van der Waals surface area contributed by atoms with Crippen molar-refractivity contribution in [2.75, 3.05) is 19.6 Å². The maximum atomic E-state index is 9.97. The van der Waals surface area contributed by atoms with Crippen LogP contribution in [0.15, 0.2) is 0 Å². The number of carboxylic acid groups (broad SMARTS) is 2. The summed E-state index contributed by atoms with van der Waals surface area (Å²) in [5.41, 5.74) is 0. The molecule has 0 aromatic carbocycles. The summed E-state index contributed by atoms with van der Waals surface area (Å²) in [6.07, 6.45) is 1.37. The number of rotatable bonds is 6. The van der Waals surface area contributed by atoms with Crippen LogP contribution >= 0.6 is 0 Å². The van der Waals surface area contributed by atoms with Gasteiger partial charge in [0.05, 0.1) is 11.9 Å². The van der Waals surface area contributed by atoms with Gasteiger partial charge in [0.1, 0.15) is 0 Å². The molecule has 1 N–H and O–H groups in total. The van der Waals surface area contributed by atoms with E-state index >= 15 is 0 Å². The Bertz CT molecular complexity index is 187. The number of carbonyl (C=O) groups excluding carboxylic acids is 3. The number of hydrogen-bond acceptors (Lipinski definition) is 7. The van der Waals surface area contributed by atoms with Gasteiger partial charge in [-0.2, -0.15) is 0 Å². The molecule has 76 valence electrons. The number of carboxylic acids is 2. The van der Waals surface area contributed by atoms with Crippen LogP contribution in [-0.2, 0) is 14.4 Å². The van der Waals surface area contributed by atoms with Crippen LogP contribution in [0.1, 0.15) is 0 Å². The van der Waals surface area contributed by atoms with Crippen molar-refractivity contribution >= 4 is 18.2 Å². The molecule has 0 aromatic heterocycles. The van der Waals surface area contributed by atoms with E-state index < -0.39 is 25.0 Å². The average Bonchev–Trinajstić information content (AvgIpc) is 1.84. The number of hydrogen-bond donors (Lipinski definition) is 0. The summed E-state index contributed by atoms with van der Waals surface area (Å²) in [7, 11) is 0. The fourth-order valence-corrected chi connectivity index (χ4v) is 0.624. The summed E-state index contributed by atoms with van der Waals surface area (Å²) in [6, 6.07) is 0. The first-order valence-electron chi connectivity index (χ1n) is 3.03. The summed E-state index contributed by atoms with van der Waals surface area (Å²) >= 11 is 0. The van der Waals surface area contributed by atoms with Gasteiger partial charge >= 0.3 is 88.7 Å². The fraction of sp³-hybridized carbons (Fsp3) is 0.500. The third-order valence-corrected chi connectivity index (χ3v) is 0.994. The van der Waals surface area contributed by atoms with Crippen molar-refractivity contribution in [1.82, 2.24) is 4.90 Å². The second kappa shape index (κ2) is 18.9. The molecule has 10 heteroatoms. The fourth-order valence-electron chi connectivity index (χ4n) is 0.624. The minimum atomic E-state index is -1.45. The summed E-state index contributed by atoms with van der Waals surface area (Å²) < 4.78 is 0. The molecule has 0 aromatic rings. The Kier molecular flexibility index (Phi) is 36.0. The van der Waals surface area contributed by atoms with Crippen molar-refractivity contribution in [3.05, 3.63) is 0 Å². The standard InChI is InChI=1S/C6H8NO5.3Na.H2O/c8-2-1-7(3-5(9)10)4-6(11)12;;;;/h1,3-4H2,(H,9,10)(H,11,12);;;;1H2/q-1;3*+1;/p-3. The van der Waals surface area contributed by atoms with Gasteiger partial charge in [0.15, 0.2) is 0 Å². The molecule has 0 atom stereocenters. The summed E-state index contributed by atoms with van der Waals surface area (Å²) in [4.78, 5) is 30.6. The van der Waals surface area contributed by atoms with Gasteiger partial charge in [-0.25, -0.2) is 6.29 Å². The van der Waals surface area contributed by atoms with Crippen molar-refractivity contribution in [2.45, 2.75) is 0 Å². The van der Waals surface area contributed by atoms with Crippen LogP contribution in [0.3, 0.4) is 0 Å². The third-order valence-electron chi connectivity index (χ3n) is 0.994. The predicted molar refractivity (Wildman–Crippen MR) is 34.1 cm³/mol. The zero-order chi connectivity index (χ0) is 9.56. The molecule has 0 aliphatic carbocycles. The van der Waals surface area contributed by atoms with E-state index in [-0.39, 0.29) is 101 Å². The van der Waals surface area contributed by atoms with E-state index in [1.165, 1.54) is 6.29 Å². The first-order chi connectivity index (χ1) is 5.56. The van der Waals surface area contributed by atoms with Crippen LogP contribution in [0.25, 0.3) is 0 Å². The quantitative estimate of drug-likeness (QED) is 0.341. The zero-order valence-corrected chi connectivity index (χ0v) is 15.6. The smallest absolute Gasteiger partial charge is 0.870 e. The monoisotopic (exact) mass is 258 g/mol. The second-order valence-corrected chi connectivity index (χ2v) is 2.03. The van der Waals surface area contributed by atoms with Gasteiger partial charge in [0.25, 0.3) is 0 Å². The summed E-state index contributed by atoms with van der Waals surface area (Å²) in [5, 5.41) is 19.9. The van der Waals surface area contributed by atoms with E-state index in [1.807, 2.05) is 0 Å². The van der Waals surface area contributed by atoms with Crippen LogP contribution in [-0.4, -0.2) is 48.2 Å². The Balaban J connectivity index is -0.000000101. The largest absolute Gasteiger partial charge is 1.00 e. The van der Waals surface area contributed by atoms with E-state index in [4.69, 9.17) is 0 Å². The average molecular weight is 258 g/mol. The second-order valence-electron chi connectivity index (χ2n) is 2.03. The van der Waals surface area contributed by atoms with Crippen LogP contribution in [0, 0.1) is 0 Å². The molecule has 0 spiro atoms. The molecule has 0 heterocycles. The molecular weight excluding hydrogens is 251 g/mol. The van der Waals surface area contributed by atoms with Gasteiger partial charge in [-0.1, -0.05) is 6.54 Å². The van der Waals surface area contributed by atoms with E-state index in [0.29, 0.717) is 0 Å². The van der Waals surface area contributed by atoms with E-state index in [1.54, 1.807) is 0 Å². The van der Waals surface area contributed by atoms with Crippen molar-refractivity contribution in [3.8, 4) is 0 Å². The van der Waals surface area contributed by atoms with Crippen molar-refractivity contribution in [3.63, 3.8) is 0 Å². The van der Waals surface area contributed by atoms with Gasteiger partial charge in [0.2, 0.25) is 0 Å². The van der Waals surface area contributed by atoms with Gasteiger partial charge < -0.3 is 35.0 Å². The van der Waals surface area contributed by atoms with Gasteiger partial charge in [-0.3, -0.25) is 0 Å². The van der Waals surface area contributed by atoms with Gasteiger partial charge in [-0.05, 0) is 0 Å². The summed E-state index contributed by atoms with van der Waals surface area (Å²) in [6.45, 7) is -1.63. The SMILES string of the molecule is O=[C-]CN(CC(=O)[O-])CC(=O)[O-].[Na+].[Na+].[Na+].[OH-]. The number of aliphatic carboxylic acids is 2. The first kappa shape index (κ1) is 30.5. The van der Waals surface area contributed by atoms with Gasteiger partial charge in [0, 0.05) is 13.1 Å². The number of nitrogens with zero attached hydrogens (tertiary/aromatic N) is 1. The Labute approximate surface area is 159 Å². The normalized spacial score (nSPS) is 7.31. The molecular formula is C6H7NNa3O6-. The maximum Gasteiger partial charge on any atom is 1.00 e. The Morgan fingerprint density at radius 3 is 1.50 bits per heavy atom. The molecule has 0 aliphatic heterocycles. The van der Waals surface area contributed by atoms with Gasteiger partial charge in [-0.15, -0.1) is 0 Å². The third kappa shape index (κ3) is 20.9. The van der Waals surface area contributed by atoms with Crippen LogP contribution in [0.5, 0.6) is 0 Å². The number of carbonyl (C=O) groups is 2. The zero-order valence-electron chi connectivity index (χ0n) is 9.56. The van der Waals surface area contributed by atoms with Crippen molar-refractivity contribution in [1.29, 1.82) is 0 Å².